The van der Waals surface area contributed by atoms with Crippen molar-refractivity contribution < 1.29 is 13.2 Å². The SMILES string of the molecule is CCCNCCCOc1ccc(S(=O)(=O)NC)cc1. The molecule has 0 saturated heterocycles. The van der Waals surface area contributed by atoms with E-state index in [4.69, 9.17) is 4.74 Å². The first-order chi connectivity index (χ1) is 9.10. The molecule has 19 heavy (non-hydrogen) atoms. The Bertz CT molecular complexity index is 457. The zero-order valence-corrected chi connectivity index (χ0v) is 12.3. The molecular formula is C13H22N2O3S. The summed E-state index contributed by atoms with van der Waals surface area (Å²) in [6, 6.07) is 6.42. The van der Waals surface area contributed by atoms with Crippen molar-refractivity contribution in [2.24, 2.45) is 0 Å². The molecule has 0 aliphatic heterocycles. The minimum Gasteiger partial charge on any atom is -0.494 e. The third-order valence-electron chi connectivity index (χ3n) is 2.60. The van der Waals surface area contributed by atoms with Gasteiger partial charge in [-0.25, -0.2) is 13.1 Å². The van der Waals surface area contributed by atoms with Gasteiger partial charge in [0.2, 0.25) is 10.0 Å². The van der Waals surface area contributed by atoms with E-state index < -0.39 is 10.0 Å². The van der Waals surface area contributed by atoms with Crippen molar-refractivity contribution >= 4 is 10.0 Å². The van der Waals surface area contributed by atoms with Gasteiger partial charge < -0.3 is 10.1 Å². The second-order valence-corrected chi connectivity index (χ2v) is 6.02. The van der Waals surface area contributed by atoms with E-state index in [1.165, 1.54) is 19.2 Å². The van der Waals surface area contributed by atoms with Crippen LogP contribution in [0.5, 0.6) is 5.75 Å². The smallest absolute Gasteiger partial charge is 0.240 e. The predicted octanol–water partition coefficient (Wildman–Crippen LogP) is 1.36. The van der Waals surface area contributed by atoms with Crippen LogP contribution in [0.25, 0.3) is 0 Å². The highest BCUT2D eigenvalue weighted by atomic mass is 32.2. The van der Waals surface area contributed by atoms with Crippen LogP contribution in [0.15, 0.2) is 29.2 Å². The molecule has 0 atom stereocenters. The molecule has 0 heterocycles. The van der Waals surface area contributed by atoms with Crippen LogP contribution in [0, 0.1) is 0 Å². The van der Waals surface area contributed by atoms with E-state index in [1.807, 2.05) is 0 Å². The molecule has 0 saturated carbocycles. The molecule has 0 amide bonds. The molecule has 0 spiro atoms. The summed E-state index contributed by atoms with van der Waals surface area (Å²) in [5.74, 6) is 0.686. The third kappa shape index (κ3) is 5.59. The Morgan fingerprint density at radius 3 is 2.42 bits per heavy atom. The van der Waals surface area contributed by atoms with E-state index in [0.717, 1.165) is 25.9 Å². The molecule has 0 aliphatic carbocycles. The Morgan fingerprint density at radius 1 is 1.16 bits per heavy atom. The Balaban J connectivity index is 2.37. The molecule has 0 aliphatic rings. The maximum atomic E-state index is 11.5. The molecule has 1 aromatic carbocycles. The average molecular weight is 286 g/mol. The molecule has 0 unspecified atom stereocenters. The molecule has 5 nitrogen and oxygen atoms in total. The second-order valence-electron chi connectivity index (χ2n) is 4.13. The molecule has 108 valence electrons. The normalized spacial score (nSPS) is 11.5. The maximum Gasteiger partial charge on any atom is 0.240 e. The first-order valence-corrected chi connectivity index (χ1v) is 7.95. The van der Waals surface area contributed by atoms with Gasteiger partial charge in [0.15, 0.2) is 0 Å². The minimum absolute atomic E-state index is 0.243. The van der Waals surface area contributed by atoms with Crippen molar-refractivity contribution in [3.05, 3.63) is 24.3 Å². The van der Waals surface area contributed by atoms with Gasteiger partial charge in [-0.05, 0) is 57.2 Å². The second kappa shape index (κ2) is 8.14. The Labute approximate surface area is 115 Å². The van der Waals surface area contributed by atoms with Gasteiger partial charge in [0.1, 0.15) is 5.75 Å². The Hall–Kier alpha value is -1.11. The van der Waals surface area contributed by atoms with Crippen molar-refractivity contribution in [1.82, 2.24) is 10.0 Å². The van der Waals surface area contributed by atoms with Crippen molar-refractivity contribution in [3.63, 3.8) is 0 Å². The van der Waals surface area contributed by atoms with Crippen LogP contribution in [0.4, 0.5) is 0 Å². The number of benzene rings is 1. The predicted molar refractivity (Wildman–Crippen MR) is 76.0 cm³/mol. The third-order valence-corrected chi connectivity index (χ3v) is 4.03. The van der Waals surface area contributed by atoms with E-state index in [-0.39, 0.29) is 4.90 Å². The highest BCUT2D eigenvalue weighted by molar-refractivity contribution is 7.89. The largest absolute Gasteiger partial charge is 0.494 e. The summed E-state index contributed by atoms with van der Waals surface area (Å²) in [6.45, 7) is 4.70. The van der Waals surface area contributed by atoms with E-state index >= 15 is 0 Å². The van der Waals surface area contributed by atoms with Gasteiger partial charge in [-0.15, -0.1) is 0 Å². The molecule has 2 N–H and O–H groups in total. The van der Waals surface area contributed by atoms with Crippen LogP contribution in [-0.2, 0) is 10.0 Å². The minimum atomic E-state index is -3.37. The van der Waals surface area contributed by atoms with Gasteiger partial charge in [-0.1, -0.05) is 6.92 Å². The van der Waals surface area contributed by atoms with Gasteiger partial charge in [0.05, 0.1) is 11.5 Å². The summed E-state index contributed by atoms with van der Waals surface area (Å²) in [4.78, 5) is 0.243. The molecule has 0 radical (unpaired) electrons. The molecule has 0 fully saturated rings. The van der Waals surface area contributed by atoms with Gasteiger partial charge in [0, 0.05) is 0 Å². The van der Waals surface area contributed by atoms with Crippen LogP contribution >= 0.6 is 0 Å². The monoisotopic (exact) mass is 286 g/mol. The zero-order chi connectivity index (χ0) is 14.1. The average Bonchev–Trinajstić information content (AvgIpc) is 2.43. The fourth-order valence-corrected chi connectivity index (χ4v) is 2.25. The lowest BCUT2D eigenvalue weighted by molar-refractivity contribution is 0.308. The highest BCUT2D eigenvalue weighted by Gasteiger charge is 2.10. The lowest BCUT2D eigenvalue weighted by Gasteiger charge is -2.08. The van der Waals surface area contributed by atoms with Crippen molar-refractivity contribution in [2.75, 3.05) is 26.7 Å². The fraction of sp³-hybridized carbons (Fsp3) is 0.538. The maximum absolute atomic E-state index is 11.5. The molecule has 1 rings (SSSR count). The standard InChI is InChI=1S/C13H22N2O3S/c1-3-9-15-10-4-11-18-12-5-7-13(8-6-12)19(16,17)14-2/h5-8,14-15H,3-4,9-11H2,1-2H3. The first-order valence-electron chi connectivity index (χ1n) is 6.47. The van der Waals surface area contributed by atoms with Crippen molar-refractivity contribution in [1.29, 1.82) is 0 Å². The number of sulfonamides is 1. The highest BCUT2D eigenvalue weighted by Crippen LogP contribution is 2.15. The molecular weight excluding hydrogens is 264 g/mol. The van der Waals surface area contributed by atoms with Crippen molar-refractivity contribution in [2.45, 2.75) is 24.7 Å². The summed E-state index contributed by atoms with van der Waals surface area (Å²) < 4.78 is 30.8. The lowest BCUT2D eigenvalue weighted by atomic mass is 10.3. The summed E-state index contributed by atoms with van der Waals surface area (Å²) in [5, 5.41) is 3.29. The van der Waals surface area contributed by atoms with E-state index in [1.54, 1.807) is 12.1 Å². The number of hydrogen-bond acceptors (Lipinski definition) is 4. The number of hydrogen-bond donors (Lipinski definition) is 2. The molecule has 0 aromatic heterocycles. The van der Waals surface area contributed by atoms with E-state index in [0.29, 0.717) is 12.4 Å². The number of ether oxygens (including phenoxy) is 1. The topological polar surface area (TPSA) is 67.4 Å². The van der Waals surface area contributed by atoms with Crippen LogP contribution in [0.3, 0.4) is 0 Å². The van der Waals surface area contributed by atoms with Crippen LogP contribution in [0.2, 0.25) is 0 Å². The Kier molecular flexibility index (Phi) is 6.83. The lowest BCUT2D eigenvalue weighted by Crippen LogP contribution is -2.18. The first kappa shape index (κ1) is 15.9. The Morgan fingerprint density at radius 2 is 1.84 bits per heavy atom. The zero-order valence-electron chi connectivity index (χ0n) is 11.5. The van der Waals surface area contributed by atoms with Crippen LogP contribution < -0.4 is 14.8 Å². The number of nitrogens with one attached hydrogen (secondary N) is 2. The number of rotatable bonds is 9. The van der Waals surface area contributed by atoms with E-state index in [9.17, 15) is 8.42 Å². The fourth-order valence-electron chi connectivity index (χ4n) is 1.52. The van der Waals surface area contributed by atoms with Crippen LogP contribution in [-0.4, -0.2) is 35.2 Å². The van der Waals surface area contributed by atoms with Gasteiger partial charge in [-0.2, -0.15) is 0 Å². The summed E-state index contributed by atoms with van der Waals surface area (Å²) in [5.41, 5.74) is 0. The summed E-state index contributed by atoms with van der Waals surface area (Å²) in [7, 11) is -1.97. The van der Waals surface area contributed by atoms with E-state index in [2.05, 4.69) is 17.0 Å². The molecule has 0 bridgehead atoms. The molecule has 1 aromatic rings. The van der Waals surface area contributed by atoms with Crippen LogP contribution in [0.1, 0.15) is 19.8 Å². The summed E-state index contributed by atoms with van der Waals surface area (Å²) >= 11 is 0. The van der Waals surface area contributed by atoms with Gasteiger partial charge >= 0.3 is 0 Å². The summed E-state index contributed by atoms with van der Waals surface area (Å²) in [6.07, 6.45) is 2.05. The quantitative estimate of drug-likeness (QED) is 0.673. The van der Waals surface area contributed by atoms with Gasteiger partial charge in [0.25, 0.3) is 0 Å². The van der Waals surface area contributed by atoms with Gasteiger partial charge in [-0.3, -0.25) is 0 Å². The molecule has 6 heteroatoms. The van der Waals surface area contributed by atoms with Crippen molar-refractivity contribution in [3.8, 4) is 5.75 Å².